The third kappa shape index (κ3) is 52.7. The number of carbonyl (C=O) groups is 2. The van der Waals surface area contributed by atoms with Gasteiger partial charge in [0.05, 0.1) is 38.9 Å². The predicted molar refractivity (Wildman–Crippen MR) is 347 cm³/mol. The van der Waals surface area contributed by atoms with Gasteiger partial charge in [0, 0.05) is 76.2 Å². The second-order valence-electron chi connectivity index (χ2n) is 20.0. The number of halogens is 2. The van der Waals surface area contributed by atoms with E-state index in [2.05, 4.69) is 117 Å². The Bertz CT molecular complexity index is 1740. The Morgan fingerprint density at radius 1 is 0.679 bits per heavy atom. The fraction of sp³-hybridized carbons (Fsp3) is 0.733. The van der Waals surface area contributed by atoms with Crippen molar-refractivity contribution in [1.29, 1.82) is 5.26 Å². The Kier molecular flexibility index (Phi) is 61.7. The van der Waals surface area contributed by atoms with Gasteiger partial charge in [-0.2, -0.15) is 5.26 Å². The van der Waals surface area contributed by atoms with Crippen LogP contribution in [0, 0.1) is 35.7 Å². The van der Waals surface area contributed by atoms with E-state index >= 15 is 0 Å². The first-order valence-corrected chi connectivity index (χ1v) is 33.9. The SMILES string of the molecule is CC(C)N(C(C)C)P(OCCC#N)OCCCCCCNC(=O)OCC1C=CC=CC1.NCCCCCCO.O=C(NCCCCCCO)OCC1C=CC=CC1.OCC1C=CC=CC1.[2H]CI.[C-]#[N+]CCOP(Cl)N(C(C)C)C(C)C. The van der Waals surface area contributed by atoms with Crippen molar-refractivity contribution in [3.8, 4) is 6.07 Å². The molecule has 5 unspecified atom stereocenters. The Morgan fingerprint density at radius 2 is 1.10 bits per heavy atom. The van der Waals surface area contributed by atoms with Gasteiger partial charge < -0.3 is 59.6 Å². The number of hydrogen-bond donors (Lipinski definition) is 6. The van der Waals surface area contributed by atoms with Crippen LogP contribution >= 0.6 is 50.0 Å². The van der Waals surface area contributed by atoms with Crippen LogP contribution in [0.4, 0.5) is 9.59 Å². The van der Waals surface area contributed by atoms with Crippen molar-refractivity contribution in [1.82, 2.24) is 20.0 Å². The number of amides is 2. The third-order valence-corrected chi connectivity index (χ3v) is 16.2. The number of nitrogens with two attached hydrogens (primary N) is 1. The van der Waals surface area contributed by atoms with Gasteiger partial charge in [-0.05, 0) is 136 Å². The quantitative estimate of drug-likeness (QED) is 0.0113. The van der Waals surface area contributed by atoms with Crippen LogP contribution in [0.1, 0.15) is 159 Å². The molecule has 0 radical (unpaired) electrons. The van der Waals surface area contributed by atoms with Crippen molar-refractivity contribution in [3.05, 3.63) is 84.3 Å². The number of rotatable bonds is 36. The van der Waals surface area contributed by atoms with Crippen LogP contribution in [0.3, 0.4) is 0 Å². The maximum Gasteiger partial charge on any atom is 0.407 e. The van der Waals surface area contributed by atoms with Crippen LogP contribution in [0.5, 0.6) is 0 Å². The summed E-state index contributed by atoms with van der Waals surface area (Å²) in [6.45, 7) is 29.1. The lowest BCUT2D eigenvalue weighted by Crippen LogP contribution is -2.33. The van der Waals surface area contributed by atoms with Gasteiger partial charge in [0.25, 0.3) is 8.53 Å². The first-order chi connectivity index (χ1) is 39.5. The van der Waals surface area contributed by atoms with E-state index in [-0.39, 0.29) is 31.3 Å². The van der Waals surface area contributed by atoms with E-state index in [1.807, 2.05) is 65.1 Å². The lowest BCUT2D eigenvalue weighted by atomic mass is 10.0. The van der Waals surface area contributed by atoms with Gasteiger partial charge >= 0.3 is 12.2 Å². The summed E-state index contributed by atoms with van der Waals surface area (Å²) in [5, 5.41) is 39.9. The Hall–Kier alpha value is -2.52. The molecular formula is C60H109ClIN7O10P2. The molecule has 0 aromatic rings. The van der Waals surface area contributed by atoms with Gasteiger partial charge in [-0.1, -0.05) is 134 Å². The summed E-state index contributed by atoms with van der Waals surface area (Å²) in [4.78, 5) is 26.8. The number of hydrogen-bond acceptors (Lipinski definition) is 14. The fourth-order valence-electron chi connectivity index (χ4n) is 7.55. The molecule has 5 atom stereocenters. The zero-order chi connectivity index (χ0) is 61.9. The van der Waals surface area contributed by atoms with Gasteiger partial charge in [-0.15, -0.1) is 0 Å². The molecule has 0 aromatic heterocycles. The summed E-state index contributed by atoms with van der Waals surface area (Å²) in [5.41, 5.74) is 5.25. The number of carbonyl (C=O) groups excluding carboxylic acids is 2. The van der Waals surface area contributed by atoms with E-state index in [1.165, 1.54) is 0 Å². The number of ether oxygens (including phenoxy) is 2. The summed E-state index contributed by atoms with van der Waals surface area (Å²) in [6.07, 6.45) is 38.9. The van der Waals surface area contributed by atoms with Gasteiger partial charge in [-0.3, -0.25) is 0 Å². The molecule has 21 heteroatoms. The molecule has 0 bridgehead atoms. The molecule has 0 aliphatic heterocycles. The van der Waals surface area contributed by atoms with E-state index in [1.54, 1.807) is 0 Å². The monoisotopic (exact) mass is 1310 g/mol. The highest BCUT2D eigenvalue weighted by molar-refractivity contribution is 14.1. The van der Waals surface area contributed by atoms with Crippen LogP contribution in [0.25, 0.3) is 4.85 Å². The first-order valence-electron chi connectivity index (χ1n) is 29.9. The minimum absolute atomic E-state index is 0.249. The fourth-order valence-corrected chi connectivity index (χ4v) is 11.5. The van der Waals surface area contributed by atoms with Crippen molar-refractivity contribution >= 4 is 62.2 Å². The molecular weight excluding hydrogens is 1200 g/mol. The molecule has 3 rings (SSSR count). The van der Waals surface area contributed by atoms with Crippen LogP contribution in [-0.2, 0) is 23.0 Å². The van der Waals surface area contributed by atoms with Crippen molar-refractivity contribution < 1.29 is 49.3 Å². The molecule has 0 saturated carbocycles. The van der Waals surface area contributed by atoms with Gasteiger partial charge in [0.15, 0.2) is 0 Å². The molecule has 0 saturated heterocycles. The third-order valence-electron chi connectivity index (χ3n) is 11.6. The van der Waals surface area contributed by atoms with Crippen molar-refractivity contribution in [2.24, 2.45) is 23.5 Å². The largest absolute Gasteiger partial charge is 0.449 e. The molecule has 0 spiro atoms. The highest BCUT2D eigenvalue weighted by Crippen LogP contribution is 2.49. The number of allylic oxidation sites excluding steroid dienone is 9. The molecule has 7 N–H and O–H groups in total. The van der Waals surface area contributed by atoms with E-state index in [4.69, 9.17) is 68.5 Å². The zero-order valence-corrected chi connectivity index (χ0v) is 55.4. The topological polar surface area (TPSA) is 226 Å². The number of alkyl halides is 1. The first kappa shape index (κ1) is 80.5. The number of nitriles is 1. The summed E-state index contributed by atoms with van der Waals surface area (Å²) in [5.74, 6) is 0.970. The lowest BCUT2D eigenvalue weighted by Gasteiger charge is -2.35. The molecule has 0 heterocycles. The second-order valence-corrected chi connectivity index (χ2v) is 23.5. The average Bonchev–Trinajstić information content (AvgIpc) is 3.49. The maximum absolute atomic E-state index is 11.7. The second kappa shape index (κ2) is 62.0. The van der Waals surface area contributed by atoms with Crippen LogP contribution in [-0.4, -0.2) is 145 Å². The molecule has 3 aliphatic rings. The lowest BCUT2D eigenvalue weighted by molar-refractivity contribution is 0.134. The summed E-state index contributed by atoms with van der Waals surface area (Å²) in [6, 6.07) is 3.47. The molecule has 468 valence electrons. The molecule has 0 fully saturated rings. The molecule has 3 aliphatic carbocycles. The van der Waals surface area contributed by atoms with Gasteiger partial charge in [-0.25, -0.2) is 25.5 Å². The number of nitrogens with one attached hydrogen (secondary N) is 2. The number of aliphatic hydroxyl groups is 3. The van der Waals surface area contributed by atoms with Crippen LogP contribution in [0.2, 0.25) is 0 Å². The van der Waals surface area contributed by atoms with Crippen molar-refractivity contribution in [2.45, 2.75) is 182 Å². The van der Waals surface area contributed by atoms with Crippen LogP contribution < -0.4 is 16.4 Å². The van der Waals surface area contributed by atoms with E-state index in [9.17, 15) is 9.59 Å². The molecule has 17 nitrogen and oxygen atoms in total. The molecule has 81 heavy (non-hydrogen) atoms. The zero-order valence-electron chi connectivity index (χ0n) is 51.7. The normalized spacial score (nSPS) is 16.5. The highest BCUT2D eigenvalue weighted by Gasteiger charge is 2.27. The minimum atomic E-state index is -1.16. The van der Waals surface area contributed by atoms with Crippen molar-refractivity contribution in [3.63, 3.8) is 0 Å². The number of aliphatic hydroxyl groups excluding tert-OH is 3. The summed E-state index contributed by atoms with van der Waals surface area (Å²) in [7, 11) is -2.23. The number of alkyl carbamates (subject to hydrolysis) is 2. The summed E-state index contributed by atoms with van der Waals surface area (Å²) < 4.78 is 38.3. The van der Waals surface area contributed by atoms with E-state index in [0.29, 0.717) is 107 Å². The smallest absolute Gasteiger partial charge is 0.407 e. The molecule has 2 amide bonds. The van der Waals surface area contributed by atoms with Gasteiger partial charge in [0.1, 0.15) is 6.61 Å². The van der Waals surface area contributed by atoms with E-state index in [0.717, 1.165) is 103 Å². The number of nitrogens with zero attached hydrogens (tertiary/aromatic N) is 4. The standard InChI is InChI=1S/C23H40N3O4P.C14H23NO3.C9H18ClN2OP.C7H10O.C6H15NO.CH3I/c1-20(2)26(21(3)4)31(30-18-12-15-24)29-17-11-6-5-10-16-25-23(27)28-19-22-13-8-7-9-14-22;16-11-7-2-1-6-10-15-14(17)18-12-13-8-4-3-5-9-13;1-8(2)12(9(3)4)14(10)13-7-6-11-5;8-6-7-4-2-1-3-5-7;7-5-3-1-2-4-6-8;1-2/h7-9,13,20-22H,5-6,10-12,14,16-19H2,1-4H3,(H,25,27);3-5,8,13,16H,1-2,6-7,9-12H2,(H,15,17);8-9H,6-7H2,1-4H3;1-4,7-8H,5-6H2;8H,1-7H2;1H3/i;;;;;1D. The van der Waals surface area contributed by atoms with E-state index < -0.39 is 16.2 Å². The van der Waals surface area contributed by atoms with Crippen molar-refractivity contribution in [2.75, 3.05) is 83.9 Å². The number of unbranched alkanes of at least 4 members (excludes halogenated alkanes) is 9. The van der Waals surface area contributed by atoms with Gasteiger partial charge in [0.2, 0.25) is 14.2 Å². The Balaban J connectivity index is -0.00000103. The Labute approximate surface area is 514 Å². The highest BCUT2D eigenvalue weighted by atomic mass is 127. The average molecular weight is 1310 g/mol. The maximum atomic E-state index is 11.7. The van der Waals surface area contributed by atoms with Crippen LogP contribution in [0.15, 0.2) is 72.9 Å². The predicted octanol–water partition coefficient (Wildman–Crippen LogP) is 14.3. The Morgan fingerprint density at radius 3 is 1.47 bits per heavy atom. The minimum Gasteiger partial charge on any atom is -0.449 e. The molecule has 0 aromatic carbocycles. The summed E-state index contributed by atoms with van der Waals surface area (Å²) >= 11 is 8.09.